The number of thiophene rings is 1. The van der Waals surface area contributed by atoms with Crippen molar-refractivity contribution in [3.63, 3.8) is 0 Å². The van der Waals surface area contributed by atoms with E-state index >= 15 is 0 Å². The second-order valence-corrected chi connectivity index (χ2v) is 5.28. The van der Waals surface area contributed by atoms with E-state index in [4.69, 9.17) is 0 Å². The van der Waals surface area contributed by atoms with Crippen LogP contribution in [0, 0.1) is 0 Å². The lowest BCUT2D eigenvalue weighted by atomic mass is 10.4. The van der Waals surface area contributed by atoms with Crippen LogP contribution in [-0.2, 0) is 0 Å². The van der Waals surface area contributed by atoms with Crippen LogP contribution in [0.4, 0.5) is 0 Å². The molecule has 0 fully saturated rings. The molecule has 3 nitrogen and oxygen atoms in total. The average molecular weight is 314 g/mol. The second kappa shape index (κ2) is 8.10. The fourth-order valence-electron chi connectivity index (χ4n) is 0.991. The summed E-state index contributed by atoms with van der Waals surface area (Å²) >= 11 is 4.77. The smallest absolute Gasteiger partial charge is 0.261 e. The quantitative estimate of drug-likeness (QED) is 0.819. The molecule has 0 saturated carbocycles. The SMILES string of the molecule is CNCCCNC(=O)c1ccc(Br)s1.Cl. The van der Waals surface area contributed by atoms with Crippen molar-refractivity contribution in [2.45, 2.75) is 6.42 Å². The zero-order valence-electron chi connectivity index (χ0n) is 8.38. The van der Waals surface area contributed by atoms with Gasteiger partial charge < -0.3 is 10.6 Å². The fourth-order valence-corrected chi connectivity index (χ4v) is 2.29. The van der Waals surface area contributed by atoms with Gasteiger partial charge in [0.2, 0.25) is 0 Å². The predicted octanol–water partition coefficient (Wildman–Crippen LogP) is 2.27. The molecule has 2 N–H and O–H groups in total. The lowest BCUT2D eigenvalue weighted by Crippen LogP contribution is -2.25. The zero-order chi connectivity index (χ0) is 10.4. The van der Waals surface area contributed by atoms with Gasteiger partial charge in [-0.15, -0.1) is 23.7 Å². The van der Waals surface area contributed by atoms with Gasteiger partial charge in [-0.05, 0) is 48.1 Å². The average Bonchev–Trinajstić information content (AvgIpc) is 2.59. The van der Waals surface area contributed by atoms with E-state index in [-0.39, 0.29) is 18.3 Å². The van der Waals surface area contributed by atoms with Crippen LogP contribution in [0.1, 0.15) is 16.1 Å². The molecule has 15 heavy (non-hydrogen) atoms. The van der Waals surface area contributed by atoms with Crippen LogP contribution < -0.4 is 10.6 Å². The molecule has 0 unspecified atom stereocenters. The van der Waals surface area contributed by atoms with Crippen molar-refractivity contribution in [1.82, 2.24) is 10.6 Å². The van der Waals surface area contributed by atoms with Crippen LogP contribution in [0.5, 0.6) is 0 Å². The van der Waals surface area contributed by atoms with E-state index in [1.165, 1.54) is 11.3 Å². The number of rotatable bonds is 5. The molecule has 0 aromatic carbocycles. The van der Waals surface area contributed by atoms with Gasteiger partial charge in [-0.25, -0.2) is 0 Å². The standard InChI is InChI=1S/C9H13BrN2OS.ClH/c1-11-5-2-6-12-9(13)7-3-4-8(10)14-7;/h3-4,11H,2,5-6H2,1H3,(H,12,13);1H. The van der Waals surface area contributed by atoms with E-state index in [2.05, 4.69) is 26.6 Å². The van der Waals surface area contributed by atoms with Gasteiger partial charge in [0.1, 0.15) is 0 Å². The lowest BCUT2D eigenvalue weighted by molar-refractivity contribution is 0.0957. The van der Waals surface area contributed by atoms with Crippen molar-refractivity contribution < 1.29 is 4.79 Å². The molecule has 1 heterocycles. The molecule has 0 radical (unpaired) electrons. The van der Waals surface area contributed by atoms with E-state index in [1.54, 1.807) is 0 Å². The maximum atomic E-state index is 11.5. The normalized spacial score (nSPS) is 9.47. The van der Waals surface area contributed by atoms with Crippen molar-refractivity contribution in [3.05, 3.63) is 20.8 Å². The first-order chi connectivity index (χ1) is 6.74. The largest absolute Gasteiger partial charge is 0.351 e. The third-order valence-corrected chi connectivity index (χ3v) is 3.31. The summed E-state index contributed by atoms with van der Waals surface area (Å²) in [7, 11) is 1.90. The molecular weight excluding hydrogens is 300 g/mol. The van der Waals surface area contributed by atoms with Crippen molar-refractivity contribution in [2.24, 2.45) is 0 Å². The summed E-state index contributed by atoms with van der Waals surface area (Å²) in [5.41, 5.74) is 0. The van der Waals surface area contributed by atoms with Gasteiger partial charge in [-0.2, -0.15) is 0 Å². The number of halogens is 2. The number of hydrogen-bond acceptors (Lipinski definition) is 3. The molecule has 86 valence electrons. The monoisotopic (exact) mass is 312 g/mol. The predicted molar refractivity (Wildman–Crippen MR) is 70.1 cm³/mol. The molecule has 0 spiro atoms. The second-order valence-electron chi connectivity index (χ2n) is 2.82. The Kier molecular flexibility index (Phi) is 8.04. The Morgan fingerprint density at radius 3 is 2.73 bits per heavy atom. The summed E-state index contributed by atoms with van der Waals surface area (Å²) < 4.78 is 0.984. The molecule has 0 atom stereocenters. The minimum atomic E-state index is 0. The fraction of sp³-hybridized carbons (Fsp3) is 0.444. The van der Waals surface area contributed by atoms with Gasteiger partial charge in [0.15, 0.2) is 0 Å². The van der Waals surface area contributed by atoms with Crippen molar-refractivity contribution in [1.29, 1.82) is 0 Å². The zero-order valence-corrected chi connectivity index (χ0v) is 11.6. The molecule has 6 heteroatoms. The third kappa shape index (κ3) is 5.51. The number of hydrogen-bond donors (Lipinski definition) is 2. The van der Waals surface area contributed by atoms with Crippen molar-refractivity contribution in [3.8, 4) is 0 Å². The number of carbonyl (C=O) groups excluding carboxylic acids is 1. The molecule has 0 aliphatic rings. The van der Waals surface area contributed by atoms with Gasteiger partial charge in [-0.1, -0.05) is 0 Å². The van der Waals surface area contributed by atoms with E-state index in [1.807, 2.05) is 19.2 Å². The molecule has 0 bridgehead atoms. The van der Waals surface area contributed by atoms with E-state index in [9.17, 15) is 4.79 Å². The van der Waals surface area contributed by atoms with Gasteiger partial charge in [0, 0.05) is 6.54 Å². The highest BCUT2D eigenvalue weighted by Crippen LogP contribution is 2.21. The summed E-state index contributed by atoms with van der Waals surface area (Å²) in [6.45, 7) is 1.64. The Balaban J connectivity index is 0.00000196. The number of carbonyl (C=O) groups is 1. The van der Waals surface area contributed by atoms with Crippen LogP contribution in [0.2, 0.25) is 0 Å². The minimum absolute atomic E-state index is 0. The number of amides is 1. The molecule has 0 aliphatic carbocycles. The molecule has 1 rings (SSSR count). The molecule has 0 aliphatic heterocycles. The van der Waals surface area contributed by atoms with Gasteiger partial charge in [0.25, 0.3) is 5.91 Å². The van der Waals surface area contributed by atoms with Crippen LogP contribution in [0.15, 0.2) is 15.9 Å². The van der Waals surface area contributed by atoms with Crippen LogP contribution in [0.25, 0.3) is 0 Å². The van der Waals surface area contributed by atoms with E-state index in [0.717, 1.165) is 28.2 Å². The highest BCUT2D eigenvalue weighted by atomic mass is 79.9. The first-order valence-corrected chi connectivity index (χ1v) is 6.03. The maximum Gasteiger partial charge on any atom is 0.261 e. The first-order valence-electron chi connectivity index (χ1n) is 4.42. The molecule has 1 amide bonds. The van der Waals surface area contributed by atoms with Crippen molar-refractivity contribution in [2.75, 3.05) is 20.1 Å². The van der Waals surface area contributed by atoms with Crippen LogP contribution >= 0.6 is 39.7 Å². The minimum Gasteiger partial charge on any atom is -0.351 e. The summed E-state index contributed by atoms with van der Waals surface area (Å²) in [6.07, 6.45) is 0.953. The molecule has 1 aromatic rings. The lowest BCUT2D eigenvalue weighted by Gasteiger charge is -2.02. The van der Waals surface area contributed by atoms with E-state index in [0.29, 0.717) is 0 Å². The summed E-state index contributed by atoms with van der Waals surface area (Å²) in [5.74, 6) is 0.0109. The Morgan fingerprint density at radius 1 is 1.47 bits per heavy atom. The third-order valence-electron chi connectivity index (χ3n) is 1.69. The first kappa shape index (κ1) is 14.9. The highest BCUT2D eigenvalue weighted by Gasteiger charge is 2.06. The van der Waals surface area contributed by atoms with Crippen LogP contribution in [0.3, 0.4) is 0 Å². The Bertz CT molecular complexity index is 306. The van der Waals surface area contributed by atoms with E-state index < -0.39 is 0 Å². The van der Waals surface area contributed by atoms with Gasteiger partial charge >= 0.3 is 0 Å². The molecular formula is C9H14BrClN2OS. The summed E-state index contributed by atoms with van der Waals surface area (Å²) in [4.78, 5) is 12.2. The highest BCUT2D eigenvalue weighted by molar-refractivity contribution is 9.11. The van der Waals surface area contributed by atoms with Crippen molar-refractivity contribution >= 4 is 45.6 Å². The van der Waals surface area contributed by atoms with Gasteiger partial charge in [-0.3, -0.25) is 4.79 Å². The Labute approximate surface area is 108 Å². The summed E-state index contributed by atoms with van der Waals surface area (Å²) in [6, 6.07) is 3.70. The van der Waals surface area contributed by atoms with Gasteiger partial charge in [0.05, 0.1) is 8.66 Å². The maximum absolute atomic E-state index is 11.5. The Hall–Kier alpha value is -0.100. The van der Waals surface area contributed by atoms with Crippen LogP contribution in [-0.4, -0.2) is 26.0 Å². The molecule has 1 aromatic heterocycles. The Morgan fingerprint density at radius 2 is 2.20 bits per heavy atom. The number of nitrogens with one attached hydrogen (secondary N) is 2. The molecule has 0 saturated heterocycles. The summed E-state index contributed by atoms with van der Waals surface area (Å²) in [5, 5.41) is 5.89. The topological polar surface area (TPSA) is 41.1 Å².